The summed E-state index contributed by atoms with van der Waals surface area (Å²) in [7, 11) is 0. The van der Waals surface area contributed by atoms with Gasteiger partial charge in [-0.3, -0.25) is 4.79 Å². The Hall–Kier alpha value is -2.88. The summed E-state index contributed by atoms with van der Waals surface area (Å²) < 4.78 is 0. The third-order valence-electron chi connectivity index (χ3n) is 4.53. The van der Waals surface area contributed by atoms with E-state index in [1.165, 1.54) is 0 Å². The molecule has 24 heavy (non-hydrogen) atoms. The largest absolute Gasteiger partial charge is 0.479 e. The maximum absolute atomic E-state index is 12.6. The Bertz CT molecular complexity index is 755. The zero-order valence-corrected chi connectivity index (χ0v) is 13.2. The zero-order chi connectivity index (χ0) is 17.0. The molecule has 1 aliphatic carbocycles. The van der Waals surface area contributed by atoms with Crippen molar-refractivity contribution in [3.05, 3.63) is 83.9 Å². The normalized spacial score (nSPS) is 22.8. The van der Waals surface area contributed by atoms with Crippen molar-refractivity contribution in [3.8, 4) is 0 Å². The van der Waals surface area contributed by atoms with Gasteiger partial charge in [0.1, 0.15) is 5.54 Å². The first-order chi connectivity index (χ1) is 11.6. The van der Waals surface area contributed by atoms with E-state index >= 15 is 0 Å². The predicted molar refractivity (Wildman–Crippen MR) is 91.8 cm³/mol. The number of aliphatic carboxylic acids is 1. The number of hydrogen-bond donors (Lipinski definition) is 2. The first kappa shape index (κ1) is 16.0. The number of allylic oxidation sites excluding steroid dienone is 1. The minimum absolute atomic E-state index is 0.264. The van der Waals surface area contributed by atoms with Crippen LogP contribution in [0.25, 0.3) is 0 Å². The van der Waals surface area contributed by atoms with E-state index in [0.717, 1.165) is 5.56 Å². The lowest BCUT2D eigenvalue weighted by Gasteiger charge is -2.39. The van der Waals surface area contributed by atoms with Gasteiger partial charge >= 0.3 is 5.97 Å². The summed E-state index contributed by atoms with van der Waals surface area (Å²) in [5.74, 6) is -1.69. The van der Waals surface area contributed by atoms with Gasteiger partial charge in [0.15, 0.2) is 0 Å². The lowest BCUT2D eigenvalue weighted by molar-refractivity contribution is -0.145. The van der Waals surface area contributed by atoms with Gasteiger partial charge < -0.3 is 10.4 Å². The molecule has 2 aromatic carbocycles. The Morgan fingerprint density at radius 1 is 0.958 bits per heavy atom. The van der Waals surface area contributed by atoms with Crippen LogP contribution in [0.3, 0.4) is 0 Å². The molecule has 0 aliphatic heterocycles. The van der Waals surface area contributed by atoms with Gasteiger partial charge in [-0.15, -0.1) is 0 Å². The van der Waals surface area contributed by atoms with Gasteiger partial charge in [-0.25, -0.2) is 4.79 Å². The van der Waals surface area contributed by atoms with Crippen molar-refractivity contribution < 1.29 is 14.7 Å². The summed E-state index contributed by atoms with van der Waals surface area (Å²) in [4.78, 5) is 24.8. The first-order valence-electron chi connectivity index (χ1n) is 7.94. The van der Waals surface area contributed by atoms with Crippen LogP contribution in [0.15, 0.2) is 72.8 Å². The van der Waals surface area contributed by atoms with E-state index in [2.05, 4.69) is 5.32 Å². The molecule has 3 rings (SSSR count). The topological polar surface area (TPSA) is 66.4 Å². The molecular formula is C20H19NO3. The summed E-state index contributed by atoms with van der Waals surface area (Å²) in [5, 5.41) is 12.8. The third kappa shape index (κ3) is 2.95. The highest BCUT2D eigenvalue weighted by molar-refractivity contribution is 5.98. The monoisotopic (exact) mass is 321 g/mol. The highest BCUT2D eigenvalue weighted by Crippen LogP contribution is 2.38. The van der Waals surface area contributed by atoms with Gasteiger partial charge in [0, 0.05) is 11.5 Å². The number of nitrogens with one attached hydrogen (secondary N) is 1. The molecule has 2 atom stereocenters. The second-order valence-corrected chi connectivity index (χ2v) is 5.97. The second-order valence-electron chi connectivity index (χ2n) is 5.97. The molecule has 0 heterocycles. The van der Waals surface area contributed by atoms with Crippen LogP contribution in [0.5, 0.6) is 0 Å². The fraction of sp³-hybridized carbons (Fsp3) is 0.200. The molecule has 0 fully saturated rings. The molecular weight excluding hydrogens is 302 g/mol. The Labute approximate surface area is 140 Å². The molecule has 2 aromatic rings. The van der Waals surface area contributed by atoms with Gasteiger partial charge in [-0.05, 0) is 30.5 Å². The Kier molecular flexibility index (Phi) is 4.47. The molecule has 0 bridgehead atoms. The summed E-state index contributed by atoms with van der Waals surface area (Å²) in [6, 6.07) is 18.2. The number of rotatable bonds is 4. The standard InChI is InChI=1S/C20H19NO3/c22-18(16-11-5-2-6-12-16)21-20(19(23)24)14-8-7-13-17(20)15-9-3-1-4-10-15/h1-12,17H,13-14H2,(H,21,22)(H,23,24)/t17-,20+/m1/s1. The van der Waals surface area contributed by atoms with Crippen LogP contribution in [-0.4, -0.2) is 22.5 Å². The number of carboxylic acids is 1. The molecule has 1 amide bonds. The van der Waals surface area contributed by atoms with E-state index < -0.39 is 11.5 Å². The fourth-order valence-corrected chi connectivity index (χ4v) is 3.24. The van der Waals surface area contributed by atoms with Crippen molar-refractivity contribution in [1.82, 2.24) is 5.32 Å². The van der Waals surface area contributed by atoms with Crippen molar-refractivity contribution in [3.63, 3.8) is 0 Å². The van der Waals surface area contributed by atoms with Gasteiger partial charge in [-0.2, -0.15) is 0 Å². The van der Waals surface area contributed by atoms with E-state index in [-0.39, 0.29) is 18.2 Å². The maximum atomic E-state index is 12.6. The summed E-state index contributed by atoms with van der Waals surface area (Å²) in [6.07, 6.45) is 4.65. The van der Waals surface area contributed by atoms with Crippen molar-refractivity contribution in [2.24, 2.45) is 0 Å². The van der Waals surface area contributed by atoms with Crippen molar-refractivity contribution in [2.75, 3.05) is 0 Å². The second kappa shape index (κ2) is 6.71. The predicted octanol–water partition coefficient (Wildman–Crippen LogP) is 3.37. The lowest BCUT2D eigenvalue weighted by Crippen LogP contribution is -2.59. The van der Waals surface area contributed by atoms with Gasteiger partial charge in [0.2, 0.25) is 0 Å². The van der Waals surface area contributed by atoms with Crippen LogP contribution in [0.1, 0.15) is 34.7 Å². The van der Waals surface area contributed by atoms with Crippen LogP contribution in [-0.2, 0) is 4.79 Å². The number of carbonyl (C=O) groups excluding carboxylic acids is 1. The van der Waals surface area contributed by atoms with Crippen molar-refractivity contribution in [2.45, 2.75) is 24.3 Å². The highest BCUT2D eigenvalue weighted by atomic mass is 16.4. The molecule has 4 heteroatoms. The first-order valence-corrected chi connectivity index (χ1v) is 7.94. The van der Waals surface area contributed by atoms with Crippen LogP contribution >= 0.6 is 0 Å². The van der Waals surface area contributed by atoms with Gasteiger partial charge in [0.25, 0.3) is 5.91 Å². The van der Waals surface area contributed by atoms with Crippen LogP contribution in [0.4, 0.5) is 0 Å². The Morgan fingerprint density at radius 2 is 1.58 bits per heavy atom. The molecule has 0 saturated carbocycles. The molecule has 0 aromatic heterocycles. The molecule has 2 N–H and O–H groups in total. The van der Waals surface area contributed by atoms with Crippen LogP contribution in [0, 0.1) is 0 Å². The van der Waals surface area contributed by atoms with Crippen LogP contribution in [0.2, 0.25) is 0 Å². The van der Waals surface area contributed by atoms with E-state index in [0.29, 0.717) is 12.0 Å². The molecule has 1 aliphatic rings. The molecule has 0 spiro atoms. The van der Waals surface area contributed by atoms with Crippen molar-refractivity contribution >= 4 is 11.9 Å². The number of amides is 1. The molecule has 0 radical (unpaired) electrons. The SMILES string of the molecule is O=C(N[C@@]1(C(=O)O)CC=CC[C@@H]1c1ccccc1)c1ccccc1. The minimum Gasteiger partial charge on any atom is -0.479 e. The van der Waals surface area contributed by atoms with Gasteiger partial charge in [-0.1, -0.05) is 60.7 Å². The number of carboxylic acid groups (broad SMARTS) is 1. The van der Waals surface area contributed by atoms with Crippen molar-refractivity contribution in [1.29, 1.82) is 0 Å². The average molecular weight is 321 g/mol. The quantitative estimate of drug-likeness (QED) is 0.849. The van der Waals surface area contributed by atoms with Crippen LogP contribution < -0.4 is 5.32 Å². The zero-order valence-electron chi connectivity index (χ0n) is 13.2. The Morgan fingerprint density at radius 3 is 2.21 bits per heavy atom. The molecule has 4 nitrogen and oxygen atoms in total. The summed E-state index contributed by atoms with van der Waals surface area (Å²) in [5.41, 5.74) is 0.0281. The van der Waals surface area contributed by atoms with E-state index in [4.69, 9.17) is 0 Å². The minimum atomic E-state index is -1.34. The number of carbonyl (C=O) groups is 2. The average Bonchev–Trinajstić information content (AvgIpc) is 2.63. The molecule has 0 saturated heterocycles. The Balaban J connectivity index is 1.98. The highest BCUT2D eigenvalue weighted by Gasteiger charge is 2.48. The summed E-state index contributed by atoms with van der Waals surface area (Å²) in [6.45, 7) is 0. The van der Waals surface area contributed by atoms with E-state index in [1.54, 1.807) is 24.3 Å². The van der Waals surface area contributed by atoms with E-state index in [1.807, 2.05) is 48.6 Å². The molecule has 122 valence electrons. The number of benzene rings is 2. The van der Waals surface area contributed by atoms with E-state index in [9.17, 15) is 14.7 Å². The third-order valence-corrected chi connectivity index (χ3v) is 4.53. The maximum Gasteiger partial charge on any atom is 0.330 e. The fourth-order valence-electron chi connectivity index (χ4n) is 3.24. The molecule has 0 unspecified atom stereocenters. The number of hydrogen-bond acceptors (Lipinski definition) is 2. The smallest absolute Gasteiger partial charge is 0.330 e. The lowest BCUT2D eigenvalue weighted by atomic mass is 9.72. The summed E-state index contributed by atoms with van der Waals surface area (Å²) >= 11 is 0. The van der Waals surface area contributed by atoms with Gasteiger partial charge in [0.05, 0.1) is 0 Å².